The van der Waals surface area contributed by atoms with Crippen LogP contribution >= 0.6 is 0 Å². The van der Waals surface area contributed by atoms with Crippen molar-refractivity contribution >= 4 is 22.6 Å². The summed E-state index contributed by atoms with van der Waals surface area (Å²) in [4.78, 5) is 28.3. The Labute approximate surface area is 157 Å². The zero-order chi connectivity index (χ0) is 19.8. The van der Waals surface area contributed by atoms with E-state index in [2.05, 4.69) is 25.3 Å². The van der Waals surface area contributed by atoms with Gasteiger partial charge in [0.05, 0.1) is 23.9 Å². The van der Waals surface area contributed by atoms with E-state index < -0.39 is 11.8 Å². The van der Waals surface area contributed by atoms with E-state index in [1.807, 2.05) is 6.92 Å². The maximum absolute atomic E-state index is 13.9. The van der Waals surface area contributed by atoms with Gasteiger partial charge in [-0.05, 0) is 6.92 Å². The summed E-state index contributed by atoms with van der Waals surface area (Å²) >= 11 is 0. The lowest BCUT2D eigenvalue weighted by atomic mass is 10.2. The van der Waals surface area contributed by atoms with Gasteiger partial charge in [0.2, 0.25) is 5.95 Å². The molecule has 4 heterocycles. The highest BCUT2D eigenvalue weighted by molar-refractivity contribution is 6.04. The molecule has 0 saturated heterocycles. The molecular weight excluding hydrogens is 370 g/mol. The number of nitrogens with one attached hydrogen (secondary N) is 2. The molecule has 0 saturated carbocycles. The summed E-state index contributed by atoms with van der Waals surface area (Å²) in [5, 5.41) is 2.80. The van der Waals surface area contributed by atoms with Gasteiger partial charge < -0.3 is 15.0 Å². The predicted molar refractivity (Wildman–Crippen MR) is 96.8 cm³/mol. The Bertz CT molecular complexity index is 1190. The Hall–Kier alpha value is -3.40. The molecule has 0 aromatic carbocycles. The number of halogens is 2. The molecule has 0 aliphatic heterocycles. The zero-order valence-corrected chi connectivity index (χ0v) is 15.0. The smallest absolute Gasteiger partial charge is 0.255 e. The number of methoxy groups -OCH3 is 1. The summed E-state index contributed by atoms with van der Waals surface area (Å²) in [7, 11) is 1.55. The second-order valence-electron chi connectivity index (χ2n) is 6.33. The molecule has 0 fully saturated rings. The maximum Gasteiger partial charge on any atom is 0.255 e. The molecule has 28 heavy (non-hydrogen) atoms. The molecular formula is C18H16F2N6O2. The van der Waals surface area contributed by atoms with Crippen molar-refractivity contribution in [2.75, 3.05) is 13.7 Å². The second kappa shape index (κ2) is 6.97. The SMILES string of the molecule is COC[C@H](C)NC(=O)c1c[nH]c2ncc(-c3ncn4c(F)cc(F)cc34)nc12. The molecule has 1 atom stereocenters. The van der Waals surface area contributed by atoms with E-state index >= 15 is 0 Å². The van der Waals surface area contributed by atoms with Crippen LogP contribution in [0.4, 0.5) is 8.78 Å². The number of fused-ring (bicyclic) bond motifs is 2. The minimum absolute atomic E-state index is 0.193. The largest absolute Gasteiger partial charge is 0.383 e. The number of hydrogen-bond acceptors (Lipinski definition) is 5. The Kier molecular flexibility index (Phi) is 4.47. The number of pyridine rings is 1. The van der Waals surface area contributed by atoms with E-state index in [1.54, 1.807) is 7.11 Å². The summed E-state index contributed by atoms with van der Waals surface area (Å²) < 4.78 is 33.7. The van der Waals surface area contributed by atoms with Gasteiger partial charge in [0, 0.05) is 31.5 Å². The van der Waals surface area contributed by atoms with Crippen LogP contribution in [-0.4, -0.2) is 50.0 Å². The first-order chi connectivity index (χ1) is 13.5. The first-order valence-electron chi connectivity index (χ1n) is 8.44. The van der Waals surface area contributed by atoms with Gasteiger partial charge >= 0.3 is 0 Å². The molecule has 4 rings (SSSR count). The number of carbonyl (C=O) groups excluding carboxylic acids is 1. The number of rotatable bonds is 5. The molecule has 4 aromatic rings. The number of aromatic nitrogens is 5. The van der Waals surface area contributed by atoms with Gasteiger partial charge in [-0.2, -0.15) is 4.39 Å². The van der Waals surface area contributed by atoms with Crippen LogP contribution in [0.3, 0.4) is 0 Å². The second-order valence-corrected chi connectivity index (χ2v) is 6.33. The summed E-state index contributed by atoms with van der Waals surface area (Å²) in [6, 6.07) is 1.74. The average Bonchev–Trinajstić information content (AvgIpc) is 3.25. The predicted octanol–water partition coefficient (Wildman–Crippen LogP) is 2.32. The van der Waals surface area contributed by atoms with E-state index in [0.29, 0.717) is 29.0 Å². The van der Waals surface area contributed by atoms with Gasteiger partial charge in [0.25, 0.3) is 5.91 Å². The van der Waals surface area contributed by atoms with Gasteiger partial charge in [-0.15, -0.1) is 0 Å². The normalized spacial score (nSPS) is 12.6. The van der Waals surface area contributed by atoms with Crippen LogP contribution in [0, 0.1) is 11.8 Å². The molecule has 1 amide bonds. The quantitative estimate of drug-likeness (QED) is 0.513. The van der Waals surface area contributed by atoms with E-state index in [4.69, 9.17) is 4.74 Å². The summed E-state index contributed by atoms with van der Waals surface area (Å²) in [5.74, 6) is -1.85. The number of H-pyrrole nitrogens is 1. The zero-order valence-electron chi connectivity index (χ0n) is 15.0. The number of amides is 1. The third-order valence-electron chi connectivity index (χ3n) is 4.23. The molecule has 4 aromatic heterocycles. The number of carbonyl (C=O) groups is 1. The number of aromatic amines is 1. The molecule has 0 aliphatic carbocycles. The van der Waals surface area contributed by atoms with Crippen LogP contribution in [0.5, 0.6) is 0 Å². The summed E-state index contributed by atoms with van der Waals surface area (Å²) in [5.41, 5.74) is 1.80. The third kappa shape index (κ3) is 3.07. The lowest BCUT2D eigenvalue weighted by molar-refractivity contribution is 0.0907. The van der Waals surface area contributed by atoms with E-state index in [-0.39, 0.29) is 23.2 Å². The molecule has 8 nitrogen and oxygen atoms in total. The van der Waals surface area contributed by atoms with Crippen molar-refractivity contribution in [3.8, 4) is 11.4 Å². The molecule has 10 heteroatoms. The van der Waals surface area contributed by atoms with Crippen molar-refractivity contribution in [3.05, 3.63) is 48.2 Å². The van der Waals surface area contributed by atoms with Gasteiger partial charge in [-0.1, -0.05) is 0 Å². The van der Waals surface area contributed by atoms with E-state index in [1.165, 1.54) is 18.7 Å². The molecule has 0 bridgehead atoms. The Morgan fingerprint density at radius 2 is 2.18 bits per heavy atom. The first-order valence-corrected chi connectivity index (χ1v) is 8.44. The monoisotopic (exact) mass is 386 g/mol. The lowest BCUT2D eigenvalue weighted by Gasteiger charge is -2.11. The highest BCUT2D eigenvalue weighted by atomic mass is 19.1. The number of ether oxygens (including phenoxy) is 1. The van der Waals surface area contributed by atoms with Gasteiger partial charge in [-0.25, -0.2) is 19.3 Å². The topological polar surface area (TPSA) is 97.2 Å². The van der Waals surface area contributed by atoms with Crippen molar-refractivity contribution in [2.45, 2.75) is 13.0 Å². The number of hydrogen-bond donors (Lipinski definition) is 2. The summed E-state index contributed by atoms with van der Waals surface area (Å²) in [6.07, 6.45) is 4.18. The molecule has 2 N–H and O–H groups in total. The highest BCUT2D eigenvalue weighted by Crippen LogP contribution is 2.25. The number of nitrogens with zero attached hydrogens (tertiary/aromatic N) is 4. The molecule has 144 valence electrons. The van der Waals surface area contributed by atoms with Gasteiger partial charge in [-0.3, -0.25) is 9.20 Å². The Balaban J connectivity index is 1.77. The first kappa shape index (κ1) is 18.0. The van der Waals surface area contributed by atoms with E-state index in [9.17, 15) is 13.6 Å². The van der Waals surface area contributed by atoms with Crippen molar-refractivity contribution in [3.63, 3.8) is 0 Å². The van der Waals surface area contributed by atoms with Crippen LogP contribution in [0.15, 0.2) is 30.9 Å². The molecule has 0 spiro atoms. The molecule has 0 aliphatic rings. The van der Waals surface area contributed by atoms with Crippen molar-refractivity contribution < 1.29 is 18.3 Å². The Morgan fingerprint density at radius 3 is 2.96 bits per heavy atom. The third-order valence-corrected chi connectivity index (χ3v) is 4.23. The standard InChI is InChI=1S/C18H16F2N6O2/c1-9(7-28-2)24-18(27)11-5-21-17-15(11)25-12(6-22-17)16-13-3-10(19)4-14(20)26(13)8-23-16/h3-6,8-9H,7H2,1-2H3,(H,21,22)(H,24,27)/t9-/m0/s1. The minimum Gasteiger partial charge on any atom is -0.383 e. The van der Waals surface area contributed by atoms with Crippen LogP contribution in [0.25, 0.3) is 28.1 Å². The van der Waals surface area contributed by atoms with Crippen LogP contribution in [-0.2, 0) is 4.74 Å². The van der Waals surface area contributed by atoms with Crippen molar-refractivity contribution in [1.82, 2.24) is 29.7 Å². The van der Waals surface area contributed by atoms with Crippen LogP contribution in [0.2, 0.25) is 0 Å². The number of imidazole rings is 1. The summed E-state index contributed by atoms with van der Waals surface area (Å²) in [6.45, 7) is 2.18. The van der Waals surface area contributed by atoms with Gasteiger partial charge in [0.1, 0.15) is 29.0 Å². The molecule has 0 unspecified atom stereocenters. The highest BCUT2D eigenvalue weighted by Gasteiger charge is 2.19. The minimum atomic E-state index is -0.781. The fraction of sp³-hybridized carbons (Fsp3) is 0.222. The average molecular weight is 386 g/mol. The Morgan fingerprint density at radius 1 is 1.36 bits per heavy atom. The fourth-order valence-corrected chi connectivity index (χ4v) is 2.99. The molecule has 0 radical (unpaired) electrons. The fourth-order valence-electron chi connectivity index (χ4n) is 2.99. The lowest BCUT2D eigenvalue weighted by Crippen LogP contribution is -2.35. The van der Waals surface area contributed by atoms with Crippen molar-refractivity contribution in [1.29, 1.82) is 0 Å². The van der Waals surface area contributed by atoms with E-state index in [0.717, 1.165) is 16.5 Å². The van der Waals surface area contributed by atoms with Crippen molar-refractivity contribution in [2.24, 2.45) is 0 Å². The maximum atomic E-state index is 13.9. The van der Waals surface area contributed by atoms with Gasteiger partial charge in [0.15, 0.2) is 5.65 Å². The van der Waals surface area contributed by atoms with Crippen LogP contribution in [0.1, 0.15) is 17.3 Å². The van der Waals surface area contributed by atoms with Crippen LogP contribution < -0.4 is 5.32 Å².